The first-order valence-electron chi connectivity index (χ1n) is 3.01. The minimum atomic E-state index is 0.259. The molecule has 0 aromatic rings. The lowest BCUT2D eigenvalue weighted by molar-refractivity contribution is -0.110. The maximum Gasteiger partial charge on any atom is 0.166 e. The van der Waals surface area contributed by atoms with Gasteiger partial charge in [0.15, 0.2) is 5.78 Å². The molecule has 0 bridgehead atoms. The van der Waals surface area contributed by atoms with Crippen molar-refractivity contribution in [3.8, 4) is 0 Å². The van der Waals surface area contributed by atoms with Crippen molar-refractivity contribution in [2.24, 2.45) is 5.92 Å². The van der Waals surface area contributed by atoms with Crippen LogP contribution in [0.3, 0.4) is 0 Å². The molecule has 44 valence electrons. The van der Waals surface area contributed by atoms with Gasteiger partial charge in [-0.3, -0.25) is 4.79 Å². The number of ketones is 1. The topological polar surface area (TPSA) is 17.1 Å². The molecule has 0 aromatic heterocycles. The normalized spacial score (nSPS) is 31.5. The number of hydrogen-bond donors (Lipinski definition) is 0. The van der Waals surface area contributed by atoms with Gasteiger partial charge >= 0.3 is 0 Å². The van der Waals surface area contributed by atoms with Crippen LogP contribution in [0.2, 0.25) is 0 Å². The first-order chi connectivity index (χ1) is 3.77. The van der Waals surface area contributed by atoms with Crippen LogP contribution in [-0.2, 0) is 4.79 Å². The van der Waals surface area contributed by atoms with Crippen LogP contribution < -0.4 is 0 Å². The molecule has 0 N–H and O–H groups in total. The van der Waals surface area contributed by atoms with Crippen molar-refractivity contribution in [3.63, 3.8) is 0 Å². The second-order valence-electron chi connectivity index (χ2n) is 2.15. The van der Waals surface area contributed by atoms with E-state index in [1.54, 1.807) is 0 Å². The van der Waals surface area contributed by atoms with Crippen LogP contribution in [0.5, 0.6) is 0 Å². The molecular formula is C7H10O. The third-order valence-electron chi connectivity index (χ3n) is 1.49. The molecule has 1 atom stereocenters. The minimum absolute atomic E-state index is 0.259. The number of Topliss-reactive ketones (excluding diaryl/α,β-unsaturated/α-hetero) is 1. The van der Waals surface area contributed by atoms with E-state index in [1.807, 2.05) is 19.9 Å². The Balaban J connectivity index is 2.55. The summed E-state index contributed by atoms with van der Waals surface area (Å²) in [5.74, 6) is 0.599. The Labute approximate surface area is 49.4 Å². The van der Waals surface area contributed by atoms with Crippen LogP contribution in [0, 0.1) is 5.92 Å². The second kappa shape index (κ2) is 1.73. The van der Waals surface area contributed by atoms with E-state index in [0.717, 1.165) is 12.0 Å². The lowest BCUT2D eigenvalue weighted by Crippen LogP contribution is -1.60. The molecule has 1 heteroatoms. The van der Waals surface area contributed by atoms with Gasteiger partial charge in [-0.25, -0.2) is 0 Å². The summed E-state index contributed by atoms with van der Waals surface area (Å²) in [6.45, 7) is 4.00. The van der Waals surface area contributed by atoms with Crippen molar-refractivity contribution >= 4 is 5.78 Å². The highest BCUT2D eigenvalue weighted by atomic mass is 16.1. The highest BCUT2D eigenvalue weighted by molar-refractivity contribution is 6.16. The fourth-order valence-electron chi connectivity index (χ4n) is 0.828. The number of carbonyl (C=O) groups is 1. The van der Waals surface area contributed by atoms with Crippen molar-refractivity contribution in [1.82, 2.24) is 0 Å². The van der Waals surface area contributed by atoms with E-state index >= 15 is 0 Å². The molecule has 0 saturated heterocycles. The van der Waals surface area contributed by atoms with E-state index in [0.29, 0.717) is 5.78 Å². The van der Waals surface area contributed by atoms with Crippen LogP contribution in [-0.4, -0.2) is 5.78 Å². The first kappa shape index (κ1) is 5.54. The van der Waals surface area contributed by atoms with Crippen LogP contribution in [0.1, 0.15) is 20.3 Å². The molecule has 0 radical (unpaired) electrons. The van der Waals surface area contributed by atoms with Crippen molar-refractivity contribution in [3.05, 3.63) is 11.6 Å². The lowest BCUT2D eigenvalue weighted by atomic mass is 10.4. The average Bonchev–Trinajstić information content (AvgIpc) is 2.25. The van der Waals surface area contributed by atoms with E-state index in [1.165, 1.54) is 0 Å². The van der Waals surface area contributed by atoms with Crippen molar-refractivity contribution < 1.29 is 4.79 Å². The molecule has 0 heterocycles. The Morgan fingerprint density at radius 2 is 2.25 bits per heavy atom. The summed E-state index contributed by atoms with van der Waals surface area (Å²) in [5.41, 5.74) is 1.03. The number of rotatable bonds is 1. The monoisotopic (exact) mass is 110 g/mol. The Morgan fingerprint density at radius 1 is 1.75 bits per heavy atom. The van der Waals surface area contributed by atoms with Gasteiger partial charge in [0, 0.05) is 11.5 Å². The van der Waals surface area contributed by atoms with Gasteiger partial charge in [0.2, 0.25) is 0 Å². The smallest absolute Gasteiger partial charge is 0.166 e. The molecule has 1 rings (SSSR count). The predicted molar refractivity (Wildman–Crippen MR) is 32.5 cm³/mol. The van der Waals surface area contributed by atoms with Crippen molar-refractivity contribution in [2.45, 2.75) is 20.3 Å². The summed E-state index contributed by atoms with van der Waals surface area (Å²) in [7, 11) is 0. The molecule has 0 aliphatic heterocycles. The summed E-state index contributed by atoms with van der Waals surface area (Å²) < 4.78 is 0. The highest BCUT2D eigenvalue weighted by Gasteiger charge is 2.36. The van der Waals surface area contributed by atoms with Crippen LogP contribution in [0.15, 0.2) is 11.6 Å². The minimum Gasteiger partial charge on any atom is -0.294 e. The molecule has 8 heavy (non-hydrogen) atoms. The highest BCUT2D eigenvalue weighted by Crippen LogP contribution is 2.31. The van der Waals surface area contributed by atoms with Gasteiger partial charge in [0.05, 0.1) is 0 Å². The van der Waals surface area contributed by atoms with E-state index in [4.69, 9.17) is 0 Å². The molecule has 1 aliphatic rings. The number of carbonyl (C=O) groups excluding carboxylic acids is 1. The average molecular weight is 110 g/mol. The summed E-state index contributed by atoms with van der Waals surface area (Å²) in [4.78, 5) is 10.5. The second-order valence-corrected chi connectivity index (χ2v) is 2.15. The molecule has 0 spiro atoms. The van der Waals surface area contributed by atoms with Crippen LogP contribution >= 0.6 is 0 Å². The molecule has 1 nitrogen and oxygen atoms in total. The predicted octanol–water partition coefficient (Wildman–Crippen LogP) is 1.54. The molecule has 0 amide bonds. The summed E-state index contributed by atoms with van der Waals surface area (Å²) in [6, 6.07) is 0. The van der Waals surface area contributed by atoms with Gasteiger partial charge in [-0.1, -0.05) is 19.9 Å². The molecule has 1 unspecified atom stereocenters. The maximum absolute atomic E-state index is 10.5. The number of allylic oxidation sites excluding steroid dienone is 2. The standard InChI is InChI=1S/C7H10O/c1-3-4-6-5(2)7(6)8/h4-5H,3H2,1-2H3/b6-4+. The van der Waals surface area contributed by atoms with E-state index in [2.05, 4.69) is 0 Å². The quantitative estimate of drug-likeness (QED) is 0.468. The summed E-state index contributed by atoms with van der Waals surface area (Å²) >= 11 is 0. The van der Waals surface area contributed by atoms with Gasteiger partial charge in [-0.05, 0) is 6.42 Å². The Morgan fingerprint density at radius 3 is 2.38 bits per heavy atom. The van der Waals surface area contributed by atoms with Crippen LogP contribution in [0.4, 0.5) is 0 Å². The Kier molecular flexibility index (Phi) is 1.20. The Hall–Kier alpha value is -0.590. The zero-order valence-corrected chi connectivity index (χ0v) is 5.27. The first-order valence-corrected chi connectivity index (χ1v) is 3.01. The molecule has 1 fully saturated rings. The molecule has 1 aliphatic carbocycles. The van der Waals surface area contributed by atoms with Gasteiger partial charge in [-0.15, -0.1) is 0 Å². The van der Waals surface area contributed by atoms with E-state index in [9.17, 15) is 4.79 Å². The van der Waals surface area contributed by atoms with Crippen molar-refractivity contribution in [1.29, 1.82) is 0 Å². The van der Waals surface area contributed by atoms with Crippen molar-refractivity contribution in [2.75, 3.05) is 0 Å². The largest absolute Gasteiger partial charge is 0.294 e. The maximum atomic E-state index is 10.5. The van der Waals surface area contributed by atoms with Gasteiger partial charge in [0.1, 0.15) is 0 Å². The summed E-state index contributed by atoms with van der Waals surface area (Å²) in [6.07, 6.45) is 3.00. The molecule has 1 saturated carbocycles. The molecular weight excluding hydrogens is 100 g/mol. The third kappa shape index (κ3) is 0.683. The van der Waals surface area contributed by atoms with E-state index < -0.39 is 0 Å². The fraction of sp³-hybridized carbons (Fsp3) is 0.571. The molecule has 0 aromatic carbocycles. The number of hydrogen-bond acceptors (Lipinski definition) is 1. The Bertz CT molecular complexity index is 144. The zero-order chi connectivity index (χ0) is 6.15. The van der Waals surface area contributed by atoms with Gasteiger partial charge < -0.3 is 0 Å². The third-order valence-corrected chi connectivity index (χ3v) is 1.49. The SMILES string of the molecule is CC/C=C1/C(=O)C1C. The van der Waals surface area contributed by atoms with Gasteiger partial charge in [-0.2, -0.15) is 0 Å². The van der Waals surface area contributed by atoms with Gasteiger partial charge in [0.25, 0.3) is 0 Å². The zero-order valence-electron chi connectivity index (χ0n) is 5.27. The van der Waals surface area contributed by atoms with E-state index in [-0.39, 0.29) is 5.92 Å². The fourth-order valence-corrected chi connectivity index (χ4v) is 0.828. The summed E-state index contributed by atoms with van der Waals surface area (Å²) in [5, 5.41) is 0. The van der Waals surface area contributed by atoms with Crippen LogP contribution in [0.25, 0.3) is 0 Å². The lowest BCUT2D eigenvalue weighted by Gasteiger charge is -1.69.